The number of hydrogen-bond donors (Lipinski definition) is 1. The van der Waals surface area contributed by atoms with Crippen LogP contribution < -0.4 is 5.32 Å². The maximum atomic E-state index is 11.2. The molecule has 16 heavy (non-hydrogen) atoms. The van der Waals surface area contributed by atoms with Gasteiger partial charge in [0.1, 0.15) is 9.84 Å². The predicted molar refractivity (Wildman–Crippen MR) is 68.4 cm³/mol. The minimum atomic E-state index is -2.83. The first-order valence-electron chi connectivity index (χ1n) is 6.32. The minimum Gasteiger partial charge on any atom is -0.313 e. The second-order valence-corrected chi connectivity index (χ2v) is 7.50. The molecule has 0 atom stereocenters. The summed E-state index contributed by atoms with van der Waals surface area (Å²) in [5, 5.41) is 3.54. The topological polar surface area (TPSA) is 46.2 Å². The Morgan fingerprint density at radius 2 is 1.81 bits per heavy atom. The van der Waals surface area contributed by atoms with Crippen LogP contribution in [0.1, 0.15) is 46.0 Å². The van der Waals surface area contributed by atoms with Gasteiger partial charge in [-0.15, -0.1) is 0 Å². The summed E-state index contributed by atoms with van der Waals surface area (Å²) in [6.45, 7) is 5.31. The summed E-state index contributed by atoms with van der Waals surface area (Å²) >= 11 is 0. The van der Waals surface area contributed by atoms with E-state index in [1.54, 1.807) is 0 Å². The zero-order chi connectivity index (χ0) is 12.2. The molecule has 0 aliphatic heterocycles. The molecular weight excluding hydrogens is 222 g/mol. The molecule has 0 unspecified atom stereocenters. The summed E-state index contributed by atoms with van der Waals surface area (Å²) in [5.74, 6) is 0.320. The van der Waals surface area contributed by atoms with Crippen LogP contribution in [0.3, 0.4) is 0 Å². The van der Waals surface area contributed by atoms with Crippen molar-refractivity contribution in [3.8, 4) is 0 Å². The molecule has 1 aliphatic rings. The van der Waals surface area contributed by atoms with Crippen LogP contribution in [0.4, 0.5) is 0 Å². The smallest absolute Gasteiger partial charge is 0.147 e. The molecule has 0 aromatic carbocycles. The van der Waals surface area contributed by atoms with Crippen LogP contribution in [-0.2, 0) is 9.84 Å². The molecule has 0 bridgehead atoms. The Morgan fingerprint density at radius 1 is 1.25 bits per heavy atom. The fourth-order valence-corrected chi connectivity index (χ4v) is 2.80. The van der Waals surface area contributed by atoms with Crippen LogP contribution in [0, 0.1) is 5.41 Å². The van der Waals surface area contributed by atoms with Crippen molar-refractivity contribution in [2.24, 2.45) is 5.41 Å². The van der Waals surface area contributed by atoms with Crippen LogP contribution in [0.2, 0.25) is 0 Å². The average Bonchev–Trinajstić information content (AvgIpc) is 3.02. The fourth-order valence-electron chi connectivity index (χ4n) is 1.99. The van der Waals surface area contributed by atoms with E-state index in [0.29, 0.717) is 11.8 Å². The molecule has 0 amide bonds. The van der Waals surface area contributed by atoms with Gasteiger partial charge >= 0.3 is 0 Å². The van der Waals surface area contributed by atoms with Crippen molar-refractivity contribution >= 4 is 9.84 Å². The van der Waals surface area contributed by atoms with E-state index in [-0.39, 0.29) is 5.41 Å². The van der Waals surface area contributed by atoms with Crippen LogP contribution >= 0.6 is 0 Å². The average molecular weight is 247 g/mol. The van der Waals surface area contributed by atoms with Crippen molar-refractivity contribution in [1.82, 2.24) is 5.32 Å². The van der Waals surface area contributed by atoms with E-state index in [1.165, 1.54) is 19.1 Å². The summed E-state index contributed by atoms with van der Waals surface area (Å²) < 4.78 is 22.5. The summed E-state index contributed by atoms with van der Waals surface area (Å²) in [7, 11) is -2.83. The van der Waals surface area contributed by atoms with Crippen LogP contribution in [0.5, 0.6) is 0 Å². The molecule has 0 radical (unpaired) electrons. The molecule has 1 aliphatic carbocycles. The van der Waals surface area contributed by atoms with E-state index in [2.05, 4.69) is 19.2 Å². The van der Waals surface area contributed by atoms with Gasteiger partial charge in [-0.3, -0.25) is 0 Å². The number of rotatable bonds is 8. The van der Waals surface area contributed by atoms with E-state index < -0.39 is 9.84 Å². The Bertz CT molecular complexity index is 303. The van der Waals surface area contributed by atoms with Gasteiger partial charge in [-0.1, -0.05) is 13.8 Å². The highest BCUT2D eigenvalue weighted by Gasteiger charge is 2.30. The summed E-state index contributed by atoms with van der Waals surface area (Å²) in [4.78, 5) is 0. The van der Waals surface area contributed by atoms with Crippen molar-refractivity contribution in [2.45, 2.75) is 52.0 Å². The van der Waals surface area contributed by atoms with Gasteiger partial charge in [0.05, 0.1) is 5.75 Å². The molecule has 4 heteroatoms. The Hall–Kier alpha value is -0.0900. The molecule has 1 N–H and O–H groups in total. The fraction of sp³-hybridized carbons (Fsp3) is 1.00. The third kappa shape index (κ3) is 4.83. The summed E-state index contributed by atoms with van der Waals surface area (Å²) in [6.07, 6.45) is 6.80. The highest BCUT2D eigenvalue weighted by molar-refractivity contribution is 7.90. The molecule has 1 fully saturated rings. The Kier molecular flexibility index (Phi) is 4.80. The molecular formula is C12H25NO2S. The summed E-state index contributed by atoms with van der Waals surface area (Å²) in [5.41, 5.74) is 0.172. The van der Waals surface area contributed by atoms with Crippen molar-refractivity contribution in [3.05, 3.63) is 0 Å². The first kappa shape index (κ1) is 14.0. The second-order valence-electron chi connectivity index (χ2n) is 5.24. The van der Waals surface area contributed by atoms with Crippen molar-refractivity contribution < 1.29 is 8.42 Å². The quantitative estimate of drug-likeness (QED) is 0.713. The number of sulfone groups is 1. The lowest BCUT2D eigenvalue weighted by Crippen LogP contribution is -2.36. The van der Waals surface area contributed by atoms with Gasteiger partial charge in [-0.25, -0.2) is 8.42 Å². The highest BCUT2D eigenvalue weighted by atomic mass is 32.2. The van der Waals surface area contributed by atoms with E-state index in [0.717, 1.165) is 25.8 Å². The minimum absolute atomic E-state index is 0.172. The second kappa shape index (κ2) is 5.50. The van der Waals surface area contributed by atoms with Crippen molar-refractivity contribution in [3.63, 3.8) is 0 Å². The lowest BCUT2D eigenvalue weighted by Gasteiger charge is -2.32. The standard InChI is InChI=1S/C12H25NO2S/c1-4-12(5-2,8-9-16(3,14)15)10-13-11-6-7-11/h11,13H,4-10H2,1-3H3. The number of hydrogen-bond acceptors (Lipinski definition) is 3. The molecule has 3 nitrogen and oxygen atoms in total. The summed E-state index contributed by atoms with van der Waals surface area (Å²) in [6, 6.07) is 0.704. The van der Waals surface area contributed by atoms with Crippen molar-refractivity contribution in [1.29, 1.82) is 0 Å². The molecule has 1 rings (SSSR count). The molecule has 1 saturated carbocycles. The monoisotopic (exact) mass is 247 g/mol. The number of nitrogens with one attached hydrogen (secondary N) is 1. The van der Waals surface area contributed by atoms with E-state index >= 15 is 0 Å². The molecule has 0 saturated heterocycles. The van der Waals surface area contributed by atoms with Gasteiger partial charge in [0.15, 0.2) is 0 Å². The Balaban J connectivity index is 2.47. The third-order valence-corrected chi connectivity index (χ3v) is 4.79. The van der Waals surface area contributed by atoms with Gasteiger partial charge in [0, 0.05) is 18.8 Å². The van der Waals surface area contributed by atoms with E-state index in [1.807, 2.05) is 0 Å². The van der Waals surface area contributed by atoms with E-state index in [4.69, 9.17) is 0 Å². The van der Waals surface area contributed by atoms with E-state index in [9.17, 15) is 8.42 Å². The lowest BCUT2D eigenvalue weighted by atomic mass is 9.79. The van der Waals surface area contributed by atoms with Gasteiger partial charge in [-0.2, -0.15) is 0 Å². The SMILES string of the molecule is CCC(CC)(CCS(C)(=O)=O)CNC1CC1. The molecule has 0 spiro atoms. The van der Waals surface area contributed by atoms with Crippen LogP contribution in [-0.4, -0.2) is 33.0 Å². The zero-order valence-corrected chi connectivity index (χ0v) is 11.6. The third-order valence-electron chi connectivity index (χ3n) is 3.85. The van der Waals surface area contributed by atoms with Crippen molar-refractivity contribution in [2.75, 3.05) is 18.6 Å². The Morgan fingerprint density at radius 3 is 2.19 bits per heavy atom. The zero-order valence-electron chi connectivity index (χ0n) is 10.8. The van der Waals surface area contributed by atoms with Gasteiger partial charge in [0.25, 0.3) is 0 Å². The maximum absolute atomic E-state index is 11.2. The predicted octanol–water partition coefficient (Wildman–Crippen LogP) is 1.98. The van der Waals surface area contributed by atoms with Gasteiger partial charge in [-0.05, 0) is 37.5 Å². The molecule has 0 heterocycles. The molecule has 0 aromatic rings. The van der Waals surface area contributed by atoms with Gasteiger partial charge in [0.2, 0.25) is 0 Å². The van der Waals surface area contributed by atoms with Crippen LogP contribution in [0.15, 0.2) is 0 Å². The maximum Gasteiger partial charge on any atom is 0.147 e. The highest BCUT2D eigenvalue weighted by Crippen LogP contribution is 2.32. The van der Waals surface area contributed by atoms with Gasteiger partial charge < -0.3 is 5.32 Å². The molecule has 0 aromatic heterocycles. The first-order chi connectivity index (χ1) is 7.41. The first-order valence-corrected chi connectivity index (χ1v) is 8.38. The van der Waals surface area contributed by atoms with Crippen LogP contribution in [0.25, 0.3) is 0 Å². The molecule has 96 valence electrons. The largest absolute Gasteiger partial charge is 0.313 e. The lowest BCUT2D eigenvalue weighted by molar-refractivity contribution is 0.238. The normalized spacial score (nSPS) is 17.7. The Labute approximate surface area is 99.9 Å².